The maximum atomic E-state index is 10.8. The number of carbonyl (C=O) groups is 1. The van der Waals surface area contributed by atoms with Gasteiger partial charge in [-0.1, -0.05) is 20.8 Å². The molecule has 3 heteroatoms. The summed E-state index contributed by atoms with van der Waals surface area (Å²) in [6.45, 7) is 8.41. The number of carbonyl (C=O) groups excluding carboxylic acids is 1. The maximum Gasteiger partial charge on any atom is 0.302 e. The van der Waals surface area contributed by atoms with E-state index in [1.165, 1.54) is 6.92 Å². The van der Waals surface area contributed by atoms with Gasteiger partial charge in [0, 0.05) is 12.8 Å². The summed E-state index contributed by atoms with van der Waals surface area (Å²) < 4.78 is 10.8. The lowest BCUT2D eigenvalue weighted by atomic mass is 9.83. The fourth-order valence-corrected chi connectivity index (χ4v) is 2.04. The van der Waals surface area contributed by atoms with Gasteiger partial charge in [-0.25, -0.2) is 0 Å². The van der Waals surface area contributed by atoms with Gasteiger partial charge in [-0.2, -0.15) is 0 Å². The van der Waals surface area contributed by atoms with Gasteiger partial charge in [0.2, 0.25) is 0 Å². The van der Waals surface area contributed by atoms with Gasteiger partial charge in [-0.3, -0.25) is 4.79 Å². The second-order valence-corrected chi connectivity index (χ2v) is 4.15. The molecule has 0 aromatic carbocycles. The molecule has 1 fully saturated rings. The van der Waals surface area contributed by atoms with Crippen LogP contribution in [0.2, 0.25) is 0 Å². The van der Waals surface area contributed by atoms with E-state index >= 15 is 0 Å². The second kappa shape index (κ2) is 4.78. The molecule has 0 N–H and O–H groups in total. The molecule has 1 rings (SSSR count). The van der Waals surface area contributed by atoms with Crippen molar-refractivity contribution in [1.82, 2.24) is 0 Å². The number of hydrogen-bond donors (Lipinski definition) is 0. The molecule has 82 valence electrons. The van der Waals surface area contributed by atoms with Gasteiger partial charge >= 0.3 is 5.97 Å². The van der Waals surface area contributed by atoms with Crippen molar-refractivity contribution in [3.63, 3.8) is 0 Å². The molecule has 0 amide bonds. The molecule has 1 heterocycles. The molecule has 0 radical (unpaired) electrons. The smallest absolute Gasteiger partial charge is 0.302 e. The fourth-order valence-electron chi connectivity index (χ4n) is 2.04. The van der Waals surface area contributed by atoms with E-state index in [4.69, 9.17) is 9.47 Å². The third-order valence-electron chi connectivity index (χ3n) is 3.20. The van der Waals surface area contributed by atoms with E-state index < -0.39 is 0 Å². The second-order valence-electron chi connectivity index (χ2n) is 4.15. The molecule has 3 nitrogen and oxygen atoms in total. The molecular weight excluding hydrogens is 180 g/mol. The minimum atomic E-state index is -0.215. The number of esters is 1. The van der Waals surface area contributed by atoms with Crippen molar-refractivity contribution in [2.75, 3.05) is 6.61 Å². The lowest BCUT2D eigenvalue weighted by Gasteiger charge is -2.38. The van der Waals surface area contributed by atoms with Gasteiger partial charge in [0.25, 0.3) is 0 Å². The van der Waals surface area contributed by atoms with E-state index in [0.29, 0.717) is 24.5 Å². The average molecular weight is 200 g/mol. The van der Waals surface area contributed by atoms with Gasteiger partial charge in [0.1, 0.15) is 6.10 Å². The monoisotopic (exact) mass is 200 g/mol. The van der Waals surface area contributed by atoms with Crippen LogP contribution in [-0.2, 0) is 14.3 Å². The van der Waals surface area contributed by atoms with E-state index in [1.807, 2.05) is 0 Å². The third kappa shape index (κ3) is 2.47. The first-order valence-electron chi connectivity index (χ1n) is 5.35. The van der Waals surface area contributed by atoms with Crippen molar-refractivity contribution in [2.24, 2.45) is 11.8 Å². The zero-order valence-corrected chi connectivity index (χ0v) is 9.45. The van der Waals surface area contributed by atoms with E-state index in [-0.39, 0.29) is 12.1 Å². The first-order valence-corrected chi connectivity index (χ1v) is 5.35. The molecule has 0 saturated carbocycles. The normalized spacial score (nSPS) is 38.0. The summed E-state index contributed by atoms with van der Waals surface area (Å²) in [5, 5.41) is 0. The van der Waals surface area contributed by atoms with E-state index in [1.54, 1.807) is 0 Å². The molecular formula is C11H20O3. The lowest BCUT2D eigenvalue weighted by Crippen LogP contribution is -2.44. The van der Waals surface area contributed by atoms with Crippen LogP contribution in [0.25, 0.3) is 0 Å². The average Bonchev–Trinajstić information content (AvgIpc) is 2.13. The number of ether oxygens (including phenoxy) is 2. The molecule has 1 aliphatic rings. The summed E-state index contributed by atoms with van der Waals surface area (Å²) in [4.78, 5) is 10.8. The maximum absolute atomic E-state index is 10.8. The highest BCUT2D eigenvalue weighted by molar-refractivity contribution is 5.66. The zero-order valence-electron chi connectivity index (χ0n) is 9.45. The highest BCUT2D eigenvalue weighted by Crippen LogP contribution is 2.30. The SMILES string of the molecule is CCC1OCC(OC(C)=O)C(C)C1C. The van der Waals surface area contributed by atoms with Crippen molar-refractivity contribution < 1.29 is 14.3 Å². The highest BCUT2D eigenvalue weighted by atomic mass is 16.6. The van der Waals surface area contributed by atoms with Crippen LogP contribution in [0.4, 0.5) is 0 Å². The Balaban J connectivity index is 2.54. The Bertz CT molecular complexity index is 203. The minimum Gasteiger partial charge on any atom is -0.460 e. The molecule has 4 atom stereocenters. The Morgan fingerprint density at radius 3 is 2.57 bits per heavy atom. The zero-order chi connectivity index (χ0) is 10.7. The Kier molecular flexibility index (Phi) is 3.93. The molecule has 1 saturated heterocycles. The van der Waals surface area contributed by atoms with Gasteiger partial charge in [-0.15, -0.1) is 0 Å². The topological polar surface area (TPSA) is 35.5 Å². The van der Waals surface area contributed by atoms with E-state index in [9.17, 15) is 4.79 Å². The Morgan fingerprint density at radius 1 is 1.43 bits per heavy atom. The van der Waals surface area contributed by atoms with Crippen LogP contribution in [0.5, 0.6) is 0 Å². The quantitative estimate of drug-likeness (QED) is 0.639. The third-order valence-corrected chi connectivity index (χ3v) is 3.20. The summed E-state index contributed by atoms with van der Waals surface area (Å²) in [7, 11) is 0. The molecule has 1 aliphatic heterocycles. The molecule has 0 aromatic rings. The van der Waals surface area contributed by atoms with E-state index in [2.05, 4.69) is 20.8 Å². The summed E-state index contributed by atoms with van der Waals surface area (Å²) in [5.74, 6) is 0.628. The summed E-state index contributed by atoms with van der Waals surface area (Å²) in [6.07, 6.45) is 1.28. The van der Waals surface area contributed by atoms with Gasteiger partial charge in [-0.05, 0) is 12.3 Å². The van der Waals surface area contributed by atoms with Crippen molar-refractivity contribution in [1.29, 1.82) is 0 Å². The summed E-state index contributed by atoms with van der Waals surface area (Å²) >= 11 is 0. The van der Waals surface area contributed by atoms with Crippen LogP contribution in [0.15, 0.2) is 0 Å². The molecule has 0 spiro atoms. The van der Waals surface area contributed by atoms with Crippen LogP contribution in [0.1, 0.15) is 34.1 Å². The fraction of sp³-hybridized carbons (Fsp3) is 0.909. The summed E-state index contributed by atoms with van der Waals surface area (Å²) in [5.41, 5.74) is 0. The van der Waals surface area contributed by atoms with Crippen molar-refractivity contribution in [3.05, 3.63) is 0 Å². The number of hydrogen-bond acceptors (Lipinski definition) is 3. The molecule has 14 heavy (non-hydrogen) atoms. The van der Waals surface area contributed by atoms with Gasteiger partial charge < -0.3 is 9.47 Å². The largest absolute Gasteiger partial charge is 0.460 e. The highest BCUT2D eigenvalue weighted by Gasteiger charge is 2.35. The van der Waals surface area contributed by atoms with Crippen LogP contribution in [0, 0.1) is 11.8 Å². The van der Waals surface area contributed by atoms with Crippen LogP contribution < -0.4 is 0 Å². The molecule has 0 bridgehead atoms. The predicted octanol–water partition coefficient (Wildman–Crippen LogP) is 2.00. The van der Waals surface area contributed by atoms with E-state index in [0.717, 1.165) is 6.42 Å². The predicted molar refractivity (Wildman–Crippen MR) is 53.9 cm³/mol. The first-order chi connectivity index (χ1) is 6.56. The van der Waals surface area contributed by atoms with Crippen molar-refractivity contribution >= 4 is 5.97 Å². The van der Waals surface area contributed by atoms with Crippen LogP contribution >= 0.6 is 0 Å². The standard InChI is InChI=1S/C11H20O3/c1-5-10-7(2)8(3)11(6-13-10)14-9(4)12/h7-8,10-11H,5-6H2,1-4H3. The van der Waals surface area contributed by atoms with Gasteiger partial charge in [0.05, 0.1) is 12.7 Å². The van der Waals surface area contributed by atoms with Crippen LogP contribution in [-0.4, -0.2) is 24.8 Å². The Morgan fingerprint density at radius 2 is 2.07 bits per heavy atom. The summed E-state index contributed by atoms with van der Waals surface area (Å²) in [6, 6.07) is 0. The first kappa shape index (κ1) is 11.5. The van der Waals surface area contributed by atoms with Crippen molar-refractivity contribution in [2.45, 2.75) is 46.3 Å². The molecule has 4 unspecified atom stereocenters. The Labute approximate surface area is 85.8 Å². The Hall–Kier alpha value is -0.570. The molecule has 0 aliphatic carbocycles. The number of rotatable bonds is 2. The van der Waals surface area contributed by atoms with Crippen molar-refractivity contribution in [3.8, 4) is 0 Å². The van der Waals surface area contributed by atoms with Crippen LogP contribution in [0.3, 0.4) is 0 Å². The minimum absolute atomic E-state index is 0.0645. The lowest BCUT2D eigenvalue weighted by molar-refractivity contribution is -0.170. The molecule has 0 aromatic heterocycles. The van der Waals surface area contributed by atoms with Gasteiger partial charge in [0.15, 0.2) is 0 Å².